The molecule has 0 aliphatic rings. The molecule has 17 heavy (non-hydrogen) atoms. The van der Waals surface area contributed by atoms with Crippen LogP contribution in [0.5, 0.6) is 0 Å². The van der Waals surface area contributed by atoms with Crippen LogP contribution in [0.25, 0.3) is 0 Å². The molecule has 2 aromatic rings. The van der Waals surface area contributed by atoms with Crippen LogP contribution in [0, 0.1) is 11.3 Å². The molecule has 0 aliphatic heterocycles. The average Bonchev–Trinajstić information content (AvgIpc) is 2.98. The fraction of sp³-hybridized carbons (Fsp3) is 0.333. The molecule has 5 heteroatoms. The van der Waals surface area contributed by atoms with Crippen molar-refractivity contribution in [3.63, 3.8) is 0 Å². The number of thiophene rings is 1. The lowest BCUT2D eigenvalue weighted by Crippen LogP contribution is -2.35. The normalized spacial score (nSPS) is 11.4. The second-order valence-electron chi connectivity index (χ2n) is 4.19. The van der Waals surface area contributed by atoms with Gasteiger partial charge >= 0.3 is 0 Å². The number of aromatic nitrogens is 1. The van der Waals surface area contributed by atoms with Crippen molar-refractivity contribution < 1.29 is 0 Å². The predicted octanol–water partition coefficient (Wildman–Crippen LogP) is 3.10. The highest BCUT2D eigenvalue weighted by Gasteiger charge is 2.22. The van der Waals surface area contributed by atoms with E-state index >= 15 is 0 Å². The first kappa shape index (κ1) is 12.2. The minimum atomic E-state index is -0.134. The third kappa shape index (κ3) is 2.91. The largest absolute Gasteiger partial charge is 0.301 e. The number of rotatable bonds is 4. The molecule has 0 spiro atoms. The Bertz CT molecular complexity index is 520. The Labute approximate surface area is 109 Å². The second kappa shape index (κ2) is 4.96. The van der Waals surface area contributed by atoms with Crippen LogP contribution in [0.2, 0.25) is 0 Å². The van der Waals surface area contributed by atoms with Crippen LogP contribution in [-0.2, 0) is 12.1 Å². The minimum absolute atomic E-state index is 0.134. The third-order valence-corrected chi connectivity index (χ3v) is 4.53. The molecule has 88 valence electrons. The number of hydrogen-bond acceptors (Lipinski definition) is 5. The molecule has 0 bridgehead atoms. The maximum absolute atomic E-state index is 8.76. The highest BCUT2D eigenvalue weighted by atomic mass is 32.1. The molecule has 0 saturated carbocycles. The van der Waals surface area contributed by atoms with Gasteiger partial charge in [-0.1, -0.05) is 0 Å². The second-order valence-corrected chi connectivity index (χ2v) is 6.26. The van der Waals surface area contributed by atoms with Gasteiger partial charge in [-0.05, 0) is 26.0 Å². The van der Waals surface area contributed by atoms with Crippen molar-refractivity contribution in [1.82, 2.24) is 10.3 Å². The minimum Gasteiger partial charge on any atom is -0.301 e. The lowest BCUT2D eigenvalue weighted by atomic mass is 10.1. The first-order valence-corrected chi connectivity index (χ1v) is 6.95. The molecule has 0 aromatic carbocycles. The SMILES string of the molecule is CC(C)(NCc1ccc(C#N)s1)c1nccs1. The summed E-state index contributed by atoms with van der Waals surface area (Å²) in [5, 5.41) is 15.3. The fourth-order valence-corrected chi connectivity index (χ4v) is 2.93. The third-order valence-electron chi connectivity index (χ3n) is 2.44. The number of nitriles is 1. The monoisotopic (exact) mass is 263 g/mol. The summed E-state index contributed by atoms with van der Waals surface area (Å²) in [6.45, 7) is 4.99. The van der Waals surface area contributed by atoms with Crippen molar-refractivity contribution in [2.45, 2.75) is 25.9 Å². The van der Waals surface area contributed by atoms with Gasteiger partial charge in [0.25, 0.3) is 0 Å². The average molecular weight is 263 g/mol. The van der Waals surface area contributed by atoms with Gasteiger partial charge in [0.05, 0.1) is 5.54 Å². The first-order valence-electron chi connectivity index (χ1n) is 5.25. The standard InChI is InChI=1S/C12H13N3S2/c1-12(2,11-14-5-6-16-11)15-8-10-4-3-9(7-13)17-10/h3-6,15H,8H2,1-2H3. The van der Waals surface area contributed by atoms with Crippen LogP contribution in [0.15, 0.2) is 23.7 Å². The summed E-state index contributed by atoms with van der Waals surface area (Å²) in [4.78, 5) is 6.26. The predicted molar refractivity (Wildman–Crippen MR) is 71.0 cm³/mol. The molecule has 3 nitrogen and oxygen atoms in total. The van der Waals surface area contributed by atoms with Crippen LogP contribution in [0.3, 0.4) is 0 Å². The van der Waals surface area contributed by atoms with Gasteiger partial charge in [0.1, 0.15) is 16.0 Å². The van der Waals surface area contributed by atoms with E-state index in [4.69, 9.17) is 5.26 Å². The van der Waals surface area contributed by atoms with Crippen LogP contribution >= 0.6 is 22.7 Å². The van der Waals surface area contributed by atoms with E-state index in [1.54, 1.807) is 11.3 Å². The van der Waals surface area contributed by atoms with Crippen molar-refractivity contribution in [2.24, 2.45) is 0 Å². The number of hydrogen-bond donors (Lipinski definition) is 1. The number of nitrogens with zero attached hydrogens (tertiary/aromatic N) is 2. The molecule has 2 heterocycles. The lowest BCUT2D eigenvalue weighted by Gasteiger charge is -2.23. The Kier molecular flexibility index (Phi) is 3.57. The summed E-state index contributed by atoms with van der Waals surface area (Å²) in [7, 11) is 0. The van der Waals surface area contributed by atoms with E-state index in [1.807, 2.05) is 23.7 Å². The molecule has 1 N–H and O–H groups in total. The summed E-state index contributed by atoms with van der Waals surface area (Å²) < 4.78 is 0. The van der Waals surface area contributed by atoms with Crippen molar-refractivity contribution >= 4 is 22.7 Å². The van der Waals surface area contributed by atoms with Gasteiger partial charge in [-0.3, -0.25) is 0 Å². The zero-order chi connectivity index (χ0) is 12.3. The van der Waals surface area contributed by atoms with Gasteiger partial charge in [0.15, 0.2) is 0 Å². The molecule has 0 saturated heterocycles. The van der Waals surface area contributed by atoms with E-state index in [2.05, 4.69) is 30.2 Å². The van der Waals surface area contributed by atoms with Crippen LogP contribution in [0.1, 0.15) is 28.6 Å². The Morgan fingerprint density at radius 1 is 1.47 bits per heavy atom. The van der Waals surface area contributed by atoms with Gasteiger partial charge in [-0.2, -0.15) is 5.26 Å². The summed E-state index contributed by atoms with van der Waals surface area (Å²) in [5.74, 6) is 0. The molecule has 0 fully saturated rings. The van der Waals surface area contributed by atoms with Crippen molar-refractivity contribution in [3.05, 3.63) is 38.5 Å². The highest BCUT2D eigenvalue weighted by molar-refractivity contribution is 7.12. The molecular formula is C12H13N3S2. The zero-order valence-electron chi connectivity index (χ0n) is 9.73. The summed E-state index contributed by atoms with van der Waals surface area (Å²) in [6, 6.07) is 6.01. The smallest absolute Gasteiger partial charge is 0.112 e. The molecular weight excluding hydrogens is 250 g/mol. The zero-order valence-corrected chi connectivity index (χ0v) is 11.4. The maximum atomic E-state index is 8.76. The van der Waals surface area contributed by atoms with Gasteiger partial charge in [-0.25, -0.2) is 4.98 Å². The molecule has 0 amide bonds. The molecule has 2 aromatic heterocycles. The van der Waals surface area contributed by atoms with Crippen LogP contribution in [-0.4, -0.2) is 4.98 Å². The van der Waals surface area contributed by atoms with Gasteiger partial charge in [0.2, 0.25) is 0 Å². The first-order chi connectivity index (χ1) is 8.12. The fourth-order valence-electron chi connectivity index (χ4n) is 1.45. The van der Waals surface area contributed by atoms with E-state index in [0.717, 1.165) is 16.4 Å². The Balaban J connectivity index is 2.00. The van der Waals surface area contributed by atoms with E-state index < -0.39 is 0 Å². The highest BCUT2D eigenvalue weighted by Crippen LogP contribution is 2.23. The van der Waals surface area contributed by atoms with Crippen molar-refractivity contribution in [1.29, 1.82) is 5.26 Å². The Morgan fingerprint density at radius 2 is 2.29 bits per heavy atom. The van der Waals surface area contributed by atoms with Crippen LogP contribution in [0.4, 0.5) is 0 Å². The molecule has 0 aliphatic carbocycles. The van der Waals surface area contributed by atoms with Gasteiger partial charge in [0, 0.05) is 23.0 Å². The van der Waals surface area contributed by atoms with Crippen LogP contribution < -0.4 is 5.32 Å². The van der Waals surface area contributed by atoms with Gasteiger partial charge in [-0.15, -0.1) is 22.7 Å². The van der Waals surface area contributed by atoms with E-state index in [9.17, 15) is 0 Å². The quantitative estimate of drug-likeness (QED) is 0.922. The Morgan fingerprint density at radius 3 is 2.88 bits per heavy atom. The number of thiazole rings is 1. The van der Waals surface area contributed by atoms with Gasteiger partial charge < -0.3 is 5.32 Å². The maximum Gasteiger partial charge on any atom is 0.112 e. The molecule has 0 atom stereocenters. The number of nitrogens with one attached hydrogen (secondary N) is 1. The summed E-state index contributed by atoms with van der Waals surface area (Å²) >= 11 is 3.18. The van der Waals surface area contributed by atoms with Crippen molar-refractivity contribution in [3.8, 4) is 6.07 Å². The summed E-state index contributed by atoms with van der Waals surface area (Å²) in [5.41, 5.74) is -0.134. The van der Waals surface area contributed by atoms with E-state index in [0.29, 0.717) is 0 Å². The topological polar surface area (TPSA) is 48.7 Å². The molecule has 0 unspecified atom stereocenters. The van der Waals surface area contributed by atoms with E-state index in [-0.39, 0.29) is 5.54 Å². The van der Waals surface area contributed by atoms with Crippen molar-refractivity contribution in [2.75, 3.05) is 0 Å². The lowest BCUT2D eigenvalue weighted by molar-refractivity contribution is 0.401. The Hall–Kier alpha value is -1.22. The van der Waals surface area contributed by atoms with E-state index in [1.165, 1.54) is 16.2 Å². The molecule has 0 radical (unpaired) electrons. The summed E-state index contributed by atoms with van der Waals surface area (Å²) in [6.07, 6.45) is 1.82. The molecule has 2 rings (SSSR count).